The number of rotatable bonds is 6. The third-order valence-corrected chi connectivity index (χ3v) is 6.76. The fraction of sp³-hybridized carbons (Fsp3) is 0.0476. The van der Waals surface area contributed by atoms with Gasteiger partial charge in [0.05, 0.1) is 16.8 Å². The molecule has 32 heavy (non-hydrogen) atoms. The van der Waals surface area contributed by atoms with E-state index in [1.165, 1.54) is 30.5 Å². The van der Waals surface area contributed by atoms with Gasteiger partial charge < -0.3 is 10.3 Å². The second kappa shape index (κ2) is 8.09. The number of hydrogen-bond acceptors (Lipinski definition) is 6. The van der Waals surface area contributed by atoms with E-state index in [-0.39, 0.29) is 15.6 Å². The quantitative estimate of drug-likeness (QED) is 0.396. The Morgan fingerprint density at radius 1 is 0.906 bits per heavy atom. The molecule has 0 aliphatic heterocycles. The van der Waals surface area contributed by atoms with Gasteiger partial charge in [-0.15, -0.1) is 0 Å². The van der Waals surface area contributed by atoms with E-state index in [0.29, 0.717) is 22.3 Å². The van der Waals surface area contributed by atoms with Crippen molar-refractivity contribution >= 4 is 48.0 Å². The number of aromatic amines is 1. The number of aromatic nitrogens is 2. The van der Waals surface area contributed by atoms with Gasteiger partial charge >= 0.3 is 0 Å². The summed E-state index contributed by atoms with van der Waals surface area (Å²) in [4.78, 5) is 19.5. The minimum absolute atomic E-state index is 0.00198. The molecule has 3 N–H and O–H groups in total. The van der Waals surface area contributed by atoms with Crippen LogP contribution in [0, 0.1) is 0 Å². The Balaban J connectivity index is 1.58. The largest absolute Gasteiger partial charge is 0.350 e. The van der Waals surface area contributed by atoms with E-state index in [4.69, 9.17) is 0 Å². The molecular formula is C21H18N4O5S2. The van der Waals surface area contributed by atoms with Crippen LogP contribution in [-0.2, 0) is 19.9 Å². The van der Waals surface area contributed by atoms with Crippen LogP contribution in [-0.4, -0.2) is 39.0 Å². The minimum Gasteiger partial charge on any atom is -0.350 e. The number of hydrogen-bond donors (Lipinski definition) is 3. The van der Waals surface area contributed by atoms with Crippen molar-refractivity contribution in [3.63, 3.8) is 0 Å². The van der Waals surface area contributed by atoms with Gasteiger partial charge in [-0.05, 0) is 48.5 Å². The van der Waals surface area contributed by atoms with Crippen LogP contribution in [0.4, 0.5) is 11.4 Å². The fourth-order valence-corrected chi connectivity index (χ4v) is 4.89. The molecule has 0 unspecified atom stereocenters. The number of nitrogens with one attached hydrogen (secondary N) is 3. The maximum Gasteiger partial charge on any atom is 0.272 e. The molecule has 0 aliphatic rings. The molecule has 0 saturated carbocycles. The SMILES string of the molecule is CS(=O)(=O)Nc1ccc2cc(C(=O)Nc3cccc(S(=O)(=O)c4ccccn4)c3)[nH]c2c1. The van der Waals surface area contributed by atoms with Crippen molar-refractivity contribution in [1.82, 2.24) is 9.97 Å². The number of benzene rings is 2. The number of nitrogens with zero attached hydrogens (tertiary/aromatic N) is 1. The van der Waals surface area contributed by atoms with Crippen molar-refractivity contribution in [2.75, 3.05) is 16.3 Å². The Hall–Kier alpha value is -3.70. The minimum atomic E-state index is -3.83. The molecule has 2 heterocycles. The van der Waals surface area contributed by atoms with Gasteiger partial charge in [0, 0.05) is 22.8 Å². The second-order valence-electron chi connectivity index (χ2n) is 7.01. The molecule has 0 aliphatic carbocycles. The summed E-state index contributed by atoms with van der Waals surface area (Å²) in [5.41, 5.74) is 1.45. The Labute approximate surface area is 184 Å². The first-order valence-electron chi connectivity index (χ1n) is 9.30. The fourth-order valence-electron chi connectivity index (χ4n) is 3.09. The zero-order valence-electron chi connectivity index (χ0n) is 16.7. The van der Waals surface area contributed by atoms with Gasteiger partial charge in [-0.25, -0.2) is 21.8 Å². The van der Waals surface area contributed by atoms with Crippen LogP contribution >= 0.6 is 0 Å². The third-order valence-electron chi connectivity index (χ3n) is 4.49. The molecule has 4 rings (SSSR count). The van der Waals surface area contributed by atoms with Crippen LogP contribution in [0.25, 0.3) is 10.9 Å². The van der Waals surface area contributed by atoms with Crippen molar-refractivity contribution in [3.05, 3.63) is 78.6 Å². The van der Waals surface area contributed by atoms with Crippen LogP contribution in [0.15, 0.2) is 82.8 Å². The van der Waals surface area contributed by atoms with E-state index < -0.39 is 25.8 Å². The molecule has 164 valence electrons. The van der Waals surface area contributed by atoms with Gasteiger partial charge in [-0.2, -0.15) is 0 Å². The summed E-state index contributed by atoms with van der Waals surface area (Å²) in [5, 5.41) is 3.29. The van der Waals surface area contributed by atoms with E-state index in [1.54, 1.807) is 42.5 Å². The molecule has 0 radical (unpaired) electrons. The Morgan fingerprint density at radius 3 is 2.44 bits per heavy atom. The highest BCUT2D eigenvalue weighted by molar-refractivity contribution is 7.92. The highest BCUT2D eigenvalue weighted by Crippen LogP contribution is 2.24. The lowest BCUT2D eigenvalue weighted by Gasteiger charge is -2.07. The summed E-state index contributed by atoms with van der Waals surface area (Å²) in [6.45, 7) is 0. The standard InChI is InChI=1S/C21H18N4O5S2/c1-31(27,28)25-16-9-8-14-11-19(24-18(14)13-16)21(26)23-15-5-4-6-17(12-15)32(29,30)20-7-2-3-10-22-20/h2-13,24-25H,1H3,(H,23,26). The smallest absolute Gasteiger partial charge is 0.272 e. The van der Waals surface area contributed by atoms with Crippen LogP contribution in [0.2, 0.25) is 0 Å². The number of fused-ring (bicyclic) bond motifs is 1. The molecule has 2 aromatic heterocycles. The van der Waals surface area contributed by atoms with E-state index in [1.807, 2.05) is 0 Å². The van der Waals surface area contributed by atoms with Crippen molar-refractivity contribution in [2.45, 2.75) is 9.92 Å². The first-order valence-corrected chi connectivity index (χ1v) is 12.7. The molecular weight excluding hydrogens is 452 g/mol. The molecule has 0 spiro atoms. The molecule has 0 atom stereocenters. The van der Waals surface area contributed by atoms with Gasteiger partial charge in [-0.1, -0.05) is 18.2 Å². The molecule has 11 heteroatoms. The van der Waals surface area contributed by atoms with Crippen molar-refractivity contribution in [2.24, 2.45) is 0 Å². The second-order valence-corrected chi connectivity index (χ2v) is 10.7. The summed E-state index contributed by atoms with van der Waals surface area (Å²) >= 11 is 0. The van der Waals surface area contributed by atoms with Crippen molar-refractivity contribution in [3.8, 4) is 0 Å². The molecule has 1 amide bonds. The highest BCUT2D eigenvalue weighted by atomic mass is 32.2. The van der Waals surface area contributed by atoms with E-state index in [0.717, 1.165) is 6.26 Å². The molecule has 0 fully saturated rings. The zero-order chi connectivity index (χ0) is 22.9. The van der Waals surface area contributed by atoms with E-state index in [2.05, 4.69) is 20.0 Å². The Morgan fingerprint density at radius 2 is 1.72 bits per heavy atom. The van der Waals surface area contributed by atoms with Gasteiger partial charge in [-0.3, -0.25) is 9.52 Å². The number of amides is 1. The summed E-state index contributed by atoms with van der Waals surface area (Å²) in [6, 6.07) is 17.0. The summed E-state index contributed by atoms with van der Waals surface area (Å²) < 4.78 is 50.7. The molecule has 4 aromatic rings. The lowest BCUT2D eigenvalue weighted by atomic mass is 10.2. The van der Waals surface area contributed by atoms with Gasteiger partial charge in [0.2, 0.25) is 19.9 Å². The number of sulfone groups is 1. The monoisotopic (exact) mass is 470 g/mol. The maximum absolute atomic E-state index is 12.8. The van der Waals surface area contributed by atoms with E-state index >= 15 is 0 Å². The van der Waals surface area contributed by atoms with Gasteiger partial charge in [0.1, 0.15) is 5.69 Å². The third kappa shape index (κ3) is 4.63. The van der Waals surface area contributed by atoms with Crippen molar-refractivity contribution < 1.29 is 21.6 Å². The zero-order valence-corrected chi connectivity index (χ0v) is 18.4. The first kappa shape index (κ1) is 21.5. The molecule has 2 aromatic carbocycles. The van der Waals surface area contributed by atoms with Gasteiger partial charge in [0.25, 0.3) is 5.91 Å². The normalized spacial score (nSPS) is 11.9. The summed E-state index contributed by atoms with van der Waals surface area (Å²) in [7, 11) is -7.26. The van der Waals surface area contributed by atoms with Crippen LogP contribution < -0.4 is 10.0 Å². The van der Waals surface area contributed by atoms with Gasteiger partial charge in [0.15, 0.2) is 5.03 Å². The topological polar surface area (TPSA) is 138 Å². The average Bonchev–Trinajstić information content (AvgIpc) is 3.17. The highest BCUT2D eigenvalue weighted by Gasteiger charge is 2.19. The number of H-pyrrole nitrogens is 1. The Kier molecular flexibility index (Phi) is 5.45. The number of carbonyl (C=O) groups is 1. The maximum atomic E-state index is 12.8. The van der Waals surface area contributed by atoms with Crippen LogP contribution in [0.5, 0.6) is 0 Å². The predicted octanol–water partition coefficient (Wildman–Crippen LogP) is 3.02. The number of pyridine rings is 1. The Bertz CT molecular complexity index is 1530. The summed E-state index contributed by atoms with van der Waals surface area (Å²) in [5.74, 6) is -0.480. The first-order chi connectivity index (χ1) is 15.1. The van der Waals surface area contributed by atoms with Crippen molar-refractivity contribution in [1.29, 1.82) is 0 Å². The molecule has 0 saturated heterocycles. The lowest BCUT2D eigenvalue weighted by molar-refractivity contribution is 0.102. The van der Waals surface area contributed by atoms with E-state index in [9.17, 15) is 21.6 Å². The average molecular weight is 471 g/mol. The molecule has 0 bridgehead atoms. The molecule has 9 nitrogen and oxygen atoms in total. The van der Waals surface area contributed by atoms with Crippen LogP contribution in [0.1, 0.15) is 10.5 Å². The number of sulfonamides is 1. The van der Waals surface area contributed by atoms with Crippen LogP contribution in [0.3, 0.4) is 0 Å². The number of anilines is 2. The predicted molar refractivity (Wildman–Crippen MR) is 121 cm³/mol. The lowest BCUT2D eigenvalue weighted by Crippen LogP contribution is -2.13. The number of carbonyl (C=O) groups excluding carboxylic acids is 1. The summed E-state index contributed by atoms with van der Waals surface area (Å²) in [6.07, 6.45) is 2.44.